The van der Waals surface area contributed by atoms with E-state index in [0.29, 0.717) is 0 Å². The molecule has 0 spiro atoms. The molecule has 1 fully saturated rings. The van der Waals surface area contributed by atoms with Gasteiger partial charge in [-0.2, -0.15) is 0 Å². The van der Waals surface area contributed by atoms with Crippen LogP contribution in [0.3, 0.4) is 0 Å². The van der Waals surface area contributed by atoms with Gasteiger partial charge in [0.25, 0.3) is 0 Å². The molecule has 1 aliphatic heterocycles. The van der Waals surface area contributed by atoms with Crippen molar-refractivity contribution in [3.63, 3.8) is 0 Å². The van der Waals surface area contributed by atoms with Crippen LogP contribution in [0.5, 0.6) is 0 Å². The first-order chi connectivity index (χ1) is 5.34. The smallest absolute Gasteiger partial charge is 0.233 e. The van der Waals surface area contributed by atoms with Crippen LogP contribution >= 0.6 is 11.8 Å². The minimum Gasteiger partial charge on any atom is -0.355 e. The zero-order valence-electron chi connectivity index (χ0n) is 6.67. The van der Waals surface area contributed by atoms with Crippen molar-refractivity contribution < 1.29 is 4.79 Å². The van der Waals surface area contributed by atoms with E-state index in [9.17, 15) is 4.79 Å². The van der Waals surface area contributed by atoms with Crippen molar-refractivity contribution in [2.24, 2.45) is 0 Å². The predicted octanol–water partition coefficient (Wildman–Crippen LogP) is 1.18. The third-order valence-corrected chi connectivity index (χ3v) is 2.86. The number of rotatable bonds is 3. The lowest BCUT2D eigenvalue weighted by Crippen LogP contribution is -2.20. The van der Waals surface area contributed by atoms with E-state index in [2.05, 4.69) is 11.4 Å². The van der Waals surface area contributed by atoms with Gasteiger partial charge in [0.1, 0.15) is 0 Å². The standard InChI is InChI=1S/C8H13NOS/c1-2-3-6-11-7-4-5-9-8(7)10/h2-3,7H,4-6H2,1H3,(H,9,10)/b3-2+. The van der Waals surface area contributed by atoms with Gasteiger partial charge in [-0.15, -0.1) is 11.8 Å². The first-order valence-electron chi connectivity index (χ1n) is 3.85. The highest BCUT2D eigenvalue weighted by Gasteiger charge is 2.23. The van der Waals surface area contributed by atoms with Crippen molar-refractivity contribution in [2.75, 3.05) is 12.3 Å². The molecule has 11 heavy (non-hydrogen) atoms. The van der Waals surface area contributed by atoms with Gasteiger partial charge < -0.3 is 5.32 Å². The SMILES string of the molecule is C/C=C/CSC1CCNC1=O. The third-order valence-electron chi connectivity index (χ3n) is 1.63. The van der Waals surface area contributed by atoms with Crippen LogP contribution in [0.1, 0.15) is 13.3 Å². The molecule has 0 aromatic carbocycles. The molecule has 62 valence electrons. The summed E-state index contributed by atoms with van der Waals surface area (Å²) in [6.45, 7) is 2.85. The molecule has 1 saturated heterocycles. The van der Waals surface area contributed by atoms with Crippen LogP contribution in [-0.2, 0) is 4.79 Å². The Bertz CT molecular complexity index is 167. The Kier molecular flexibility index (Phi) is 3.49. The summed E-state index contributed by atoms with van der Waals surface area (Å²) in [5.41, 5.74) is 0. The van der Waals surface area contributed by atoms with Crippen molar-refractivity contribution in [1.82, 2.24) is 5.32 Å². The van der Waals surface area contributed by atoms with E-state index in [-0.39, 0.29) is 11.2 Å². The van der Waals surface area contributed by atoms with Gasteiger partial charge in [0, 0.05) is 12.3 Å². The van der Waals surface area contributed by atoms with Crippen molar-refractivity contribution in [3.8, 4) is 0 Å². The zero-order chi connectivity index (χ0) is 8.10. The quantitative estimate of drug-likeness (QED) is 0.646. The Labute approximate surface area is 71.4 Å². The molecule has 1 aliphatic rings. The van der Waals surface area contributed by atoms with Crippen LogP contribution in [0.4, 0.5) is 0 Å². The average Bonchev–Trinajstić information content (AvgIpc) is 2.37. The van der Waals surface area contributed by atoms with Crippen LogP contribution in [-0.4, -0.2) is 23.5 Å². The minimum atomic E-state index is 0.200. The molecule has 3 heteroatoms. The Morgan fingerprint density at radius 1 is 1.82 bits per heavy atom. The number of hydrogen-bond acceptors (Lipinski definition) is 2. The van der Waals surface area contributed by atoms with Crippen molar-refractivity contribution >= 4 is 17.7 Å². The van der Waals surface area contributed by atoms with Crippen LogP contribution in [0, 0.1) is 0 Å². The second-order valence-corrected chi connectivity index (χ2v) is 3.71. The van der Waals surface area contributed by atoms with Gasteiger partial charge in [0.05, 0.1) is 5.25 Å². The lowest BCUT2D eigenvalue weighted by atomic mass is 10.4. The van der Waals surface area contributed by atoms with E-state index in [0.717, 1.165) is 18.7 Å². The predicted molar refractivity (Wildman–Crippen MR) is 48.7 cm³/mol. The van der Waals surface area contributed by atoms with E-state index < -0.39 is 0 Å². The summed E-state index contributed by atoms with van der Waals surface area (Å²) in [7, 11) is 0. The summed E-state index contributed by atoms with van der Waals surface area (Å²) in [5, 5.41) is 3.01. The summed E-state index contributed by atoms with van der Waals surface area (Å²) in [6.07, 6.45) is 5.08. The van der Waals surface area contributed by atoms with Crippen molar-refractivity contribution in [1.29, 1.82) is 0 Å². The highest BCUT2D eigenvalue weighted by atomic mass is 32.2. The number of thioether (sulfide) groups is 1. The Morgan fingerprint density at radius 2 is 2.64 bits per heavy atom. The summed E-state index contributed by atoms with van der Waals surface area (Å²) >= 11 is 1.72. The first kappa shape index (κ1) is 8.65. The number of carbonyl (C=O) groups is 1. The van der Waals surface area contributed by atoms with Gasteiger partial charge in [-0.3, -0.25) is 4.79 Å². The monoisotopic (exact) mass is 171 g/mol. The fourth-order valence-corrected chi connectivity index (χ4v) is 2.05. The molecular formula is C8H13NOS. The molecule has 1 N–H and O–H groups in total. The first-order valence-corrected chi connectivity index (χ1v) is 4.90. The van der Waals surface area contributed by atoms with Crippen molar-refractivity contribution in [3.05, 3.63) is 12.2 Å². The molecule has 1 heterocycles. The maximum Gasteiger partial charge on any atom is 0.233 e. The summed E-state index contributed by atoms with van der Waals surface area (Å²) in [4.78, 5) is 11.0. The van der Waals surface area contributed by atoms with Crippen LogP contribution in [0.2, 0.25) is 0 Å². The number of amides is 1. The number of nitrogens with one attached hydrogen (secondary N) is 1. The Morgan fingerprint density at radius 3 is 3.18 bits per heavy atom. The fraction of sp³-hybridized carbons (Fsp3) is 0.625. The molecule has 1 unspecified atom stereocenters. The van der Waals surface area contributed by atoms with Gasteiger partial charge in [-0.25, -0.2) is 0 Å². The summed E-state index contributed by atoms with van der Waals surface area (Å²) in [6, 6.07) is 0. The lowest BCUT2D eigenvalue weighted by molar-refractivity contribution is -0.118. The molecular weight excluding hydrogens is 158 g/mol. The van der Waals surface area contributed by atoms with E-state index >= 15 is 0 Å². The van der Waals surface area contributed by atoms with Crippen LogP contribution in [0.15, 0.2) is 12.2 Å². The molecule has 0 radical (unpaired) electrons. The van der Waals surface area contributed by atoms with Gasteiger partial charge in [-0.05, 0) is 13.3 Å². The Hall–Kier alpha value is -0.440. The summed E-state index contributed by atoms with van der Waals surface area (Å²) < 4.78 is 0. The minimum absolute atomic E-state index is 0.200. The normalized spacial score (nSPS) is 24.5. The third kappa shape index (κ3) is 2.58. The van der Waals surface area contributed by atoms with Gasteiger partial charge in [0.2, 0.25) is 5.91 Å². The number of allylic oxidation sites excluding steroid dienone is 1. The molecule has 1 atom stereocenters. The topological polar surface area (TPSA) is 29.1 Å². The van der Waals surface area contributed by atoms with Gasteiger partial charge in [0.15, 0.2) is 0 Å². The van der Waals surface area contributed by atoms with E-state index in [1.54, 1.807) is 11.8 Å². The molecule has 0 bridgehead atoms. The Balaban J connectivity index is 2.20. The maximum absolute atomic E-state index is 11.0. The second kappa shape index (κ2) is 4.44. The van der Waals surface area contributed by atoms with Gasteiger partial charge >= 0.3 is 0 Å². The fourth-order valence-electron chi connectivity index (χ4n) is 0.998. The second-order valence-electron chi connectivity index (χ2n) is 2.47. The molecule has 0 aromatic heterocycles. The highest BCUT2D eigenvalue weighted by molar-refractivity contribution is 8.00. The van der Waals surface area contributed by atoms with Crippen molar-refractivity contribution in [2.45, 2.75) is 18.6 Å². The molecule has 0 aliphatic carbocycles. The number of hydrogen-bond donors (Lipinski definition) is 1. The maximum atomic E-state index is 11.0. The molecule has 2 nitrogen and oxygen atoms in total. The van der Waals surface area contributed by atoms with E-state index in [1.807, 2.05) is 13.0 Å². The average molecular weight is 171 g/mol. The van der Waals surface area contributed by atoms with Crippen LogP contribution in [0.25, 0.3) is 0 Å². The molecule has 0 aromatic rings. The zero-order valence-corrected chi connectivity index (χ0v) is 7.49. The van der Waals surface area contributed by atoms with E-state index in [1.165, 1.54) is 0 Å². The van der Waals surface area contributed by atoms with Crippen LogP contribution < -0.4 is 5.32 Å². The molecule has 1 rings (SSSR count). The van der Waals surface area contributed by atoms with E-state index in [4.69, 9.17) is 0 Å². The number of carbonyl (C=O) groups excluding carboxylic acids is 1. The molecule has 0 saturated carbocycles. The molecule has 1 amide bonds. The highest BCUT2D eigenvalue weighted by Crippen LogP contribution is 2.18. The summed E-state index contributed by atoms with van der Waals surface area (Å²) in [5.74, 6) is 1.16. The largest absolute Gasteiger partial charge is 0.355 e. The van der Waals surface area contributed by atoms with Gasteiger partial charge in [-0.1, -0.05) is 12.2 Å². The lowest BCUT2D eigenvalue weighted by Gasteiger charge is -2.02.